The summed E-state index contributed by atoms with van der Waals surface area (Å²) in [4.78, 5) is 14.3. The quantitative estimate of drug-likeness (QED) is 0.722. The summed E-state index contributed by atoms with van der Waals surface area (Å²) in [7, 11) is 0. The molecular formula is C11H20N2O2S. The fraction of sp³-hybridized carbons (Fsp3) is 0.909. The molecule has 92 valence electrons. The molecule has 1 atom stereocenters. The van der Waals surface area contributed by atoms with Crippen LogP contribution in [-0.2, 0) is 9.53 Å². The molecule has 0 radical (unpaired) electrons. The molecule has 2 rings (SSSR count). The van der Waals surface area contributed by atoms with Gasteiger partial charge in [-0.25, -0.2) is 0 Å². The van der Waals surface area contributed by atoms with E-state index in [4.69, 9.17) is 4.74 Å². The minimum absolute atomic E-state index is 0.155. The van der Waals surface area contributed by atoms with Crippen molar-refractivity contribution in [3.8, 4) is 0 Å². The number of nitrogens with zero attached hydrogens (tertiary/aromatic N) is 1. The van der Waals surface area contributed by atoms with Crippen LogP contribution in [-0.4, -0.2) is 60.7 Å². The summed E-state index contributed by atoms with van der Waals surface area (Å²) < 4.78 is 5.66. The summed E-state index contributed by atoms with van der Waals surface area (Å²) in [5.41, 5.74) is -0.646. The van der Waals surface area contributed by atoms with Crippen molar-refractivity contribution in [3.05, 3.63) is 0 Å². The zero-order valence-corrected chi connectivity index (χ0v) is 10.6. The summed E-state index contributed by atoms with van der Waals surface area (Å²) in [6, 6.07) is 0. The van der Waals surface area contributed by atoms with Gasteiger partial charge in [0, 0.05) is 31.9 Å². The maximum absolute atomic E-state index is 12.4. The van der Waals surface area contributed by atoms with Gasteiger partial charge >= 0.3 is 0 Å². The summed E-state index contributed by atoms with van der Waals surface area (Å²) >= 11 is 1.93. The number of thioether (sulfide) groups is 1. The normalized spacial score (nSPS) is 32.2. The highest BCUT2D eigenvalue weighted by molar-refractivity contribution is 7.99. The third kappa shape index (κ3) is 2.70. The Hall–Kier alpha value is -0.260. The van der Waals surface area contributed by atoms with Crippen molar-refractivity contribution in [1.29, 1.82) is 0 Å². The molecule has 1 amide bonds. The second-order valence-corrected chi connectivity index (χ2v) is 5.74. The molecule has 16 heavy (non-hydrogen) atoms. The molecule has 5 heteroatoms. The van der Waals surface area contributed by atoms with Gasteiger partial charge in [-0.05, 0) is 19.1 Å². The number of carbonyl (C=O) groups excluding carboxylic acids is 1. The average molecular weight is 244 g/mol. The largest absolute Gasteiger partial charge is 0.363 e. The first kappa shape index (κ1) is 12.2. The zero-order chi connectivity index (χ0) is 11.4. The van der Waals surface area contributed by atoms with Crippen molar-refractivity contribution in [1.82, 2.24) is 10.2 Å². The van der Waals surface area contributed by atoms with E-state index in [0.29, 0.717) is 13.2 Å². The van der Waals surface area contributed by atoms with Crippen molar-refractivity contribution in [2.24, 2.45) is 0 Å². The average Bonchev–Trinajstić information content (AvgIpc) is 2.57. The van der Waals surface area contributed by atoms with Crippen molar-refractivity contribution in [2.45, 2.75) is 18.9 Å². The standard InChI is InChI=1S/C11H20N2O2S/c1-11(9-12-3-6-15-11)10(14)13-4-2-7-16-8-5-13/h12H,2-9H2,1H3. The van der Waals surface area contributed by atoms with Crippen molar-refractivity contribution >= 4 is 17.7 Å². The molecule has 0 aliphatic carbocycles. The van der Waals surface area contributed by atoms with E-state index in [1.165, 1.54) is 5.75 Å². The molecule has 2 heterocycles. The smallest absolute Gasteiger partial charge is 0.255 e. The fourth-order valence-corrected chi connectivity index (χ4v) is 3.03. The Balaban J connectivity index is 1.98. The number of hydrogen-bond donors (Lipinski definition) is 1. The maximum atomic E-state index is 12.4. The van der Waals surface area contributed by atoms with E-state index in [9.17, 15) is 4.79 Å². The number of ether oxygens (including phenoxy) is 1. The van der Waals surface area contributed by atoms with Crippen LogP contribution in [0.15, 0.2) is 0 Å². The highest BCUT2D eigenvalue weighted by atomic mass is 32.2. The molecule has 4 nitrogen and oxygen atoms in total. The van der Waals surface area contributed by atoms with E-state index in [2.05, 4.69) is 5.32 Å². The minimum atomic E-state index is -0.646. The summed E-state index contributed by atoms with van der Waals surface area (Å²) in [5, 5.41) is 3.23. The number of hydrogen-bond acceptors (Lipinski definition) is 4. The van der Waals surface area contributed by atoms with Gasteiger partial charge in [-0.1, -0.05) is 0 Å². The topological polar surface area (TPSA) is 41.6 Å². The third-order valence-corrected chi connectivity index (χ3v) is 4.17. The van der Waals surface area contributed by atoms with Gasteiger partial charge in [-0.3, -0.25) is 4.79 Å². The summed E-state index contributed by atoms with van der Waals surface area (Å²) in [6.07, 6.45) is 1.10. The van der Waals surface area contributed by atoms with Gasteiger partial charge in [-0.15, -0.1) is 0 Å². The van der Waals surface area contributed by atoms with Crippen molar-refractivity contribution in [3.63, 3.8) is 0 Å². The minimum Gasteiger partial charge on any atom is -0.363 e. The van der Waals surface area contributed by atoms with E-state index in [0.717, 1.165) is 31.8 Å². The summed E-state index contributed by atoms with van der Waals surface area (Å²) in [6.45, 7) is 5.76. The lowest BCUT2D eigenvalue weighted by Gasteiger charge is -2.37. The molecule has 1 N–H and O–H groups in total. The second kappa shape index (κ2) is 5.38. The predicted octanol–water partition coefficient (Wildman–Crippen LogP) is 0.330. The van der Waals surface area contributed by atoms with E-state index in [1.807, 2.05) is 23.6 Å². The van der Waals surface area contributed by atoms with Crippen LogP contribution in [0.3, 0.4) is 0 Å². The Morgan fingerprint density at radius 3 is 3.06 bits per heavy atom. The summed E-state index contributed by atoms with van der Waals surface area (Å²) in [5.74, 6) is 2.37. The lowest BCUT2D eigenvalue weighted by Crippen LogP contribution is -2.58. The molecule has 0 aromatic rings. The molecule has 0 aromatic carbocycles. The Labute approximate surface area is 101 Å². The van der Waals surface area contributed by atoms with Crippen molar-refractivity contribution < 1.29 is 9.53 Å². The Morgan fingerprint density at radius 1 is 1.44 bits per heavy atom. The second-order valence-electron chi connectivity index (χ2n) is 4.51. The molecular weight excluding hydrogens is 224 g/mol. The highest BCUT2D eigenvalue weighted by Crippen LogP contribution is 2.19. The van der Waals surface area contributed by atoms with Gasteiger partial charge in [0.1, 0.15) is 0 Å². The number of morpholine rings is 1. The number of rotatable bonds is 1. The van der Waals surface area contributed by atoms with Gasteiger partial charge in [0.05, 0.1) is 6.61 Å². The van der Waals surface area contributed by atoms with Crippen LogP contribution in [0.25, 0.3) is 0 Å². The number of nitrogens with one attached hydrogen (secondary N) is 1. The van der Waals surface area contributed by atoms with Gasteiger partial charge in [0.15, 0.2) is 5.60 Å². The molecule has 0 spiro atoms. The van der Waals surface area contributed by atoms with Gasteiger partial charge in [-0.2, -0.15) is 11.8 Å². The predicted molar refractivity (Wildman–Crippen MR) is 65.7 cm³/mol. The SMILES string of the molecule is CC1(C(=O)N2CCCSCC2)CNCCO1. The van der Waals surface area contributed by atoms with Crippen molar-refractivity contribution in [2.75, 3.05) is 44.3 Å². The van der Waals surface area contributed by atoms with Crippen LogP contribution in [0.1, 0.15) is 13.3 Å². The Bertz CT molecular complexity index is 246. The van der Waals surface area contributed by atoms with E-state index < -0.39 is 5.60 Å². The van der Waals surface area contributed by atoms with E-state index in [1.54, 1.807) is 0 Å². The van der Waals surface area contributed by atoms with Gasteiger partial charge in [0.25, 0.3) is 5.91 Å². The monoisotopic (exact) mass is 244 g/mol. The Morgan fingerprint density at radius 2 is 2.31 bits per heavy atom. The van der Waals surface area contributed by atoms with Crippen LogP contribution in [0.4, 0.5) is 0 Å². The third-order valence-electron chi connectivity index (χ3n) is 3.12. The molecule has 1 unspecified atom stereocenters. The van der Waals surface area contributed by atoms with Crippen LogP contribution < -0.4 is 5.32 Å². The van der Waals surface area contributed by atoms with Crippen LogP contribution in [0, 0.1) is 0 Å². The van der Waals surface area contributed by atoms with Crippen LogP contribution in [0.2, 0.25) is 0 Å². The highest BCUT2D eigenvalue weighted by Gasteiger charge is 2.39. The molecule has 2 saturated heterocycles. The Kier molecular flexibility index (Phi) is 4.10. The van der Waals surface area contributed by atoms with Crippen LogP contribution in [0.5, 0.6) is 0 Å². The van der Waals surface area contributed by atoms with Gasteiger partial charge < -0.3 is 15.0 Å². The van der Waals surface area contributed by atoms with Crippen LogP contribution >= 0.6 is 11.8 Å². The number of carbonyl (C=O) groups is 1. The number of amides is 1. The first-order chi connectivity index (χ1) is 7.72. The fourth-order valence-electron chi connectivity index (χ4n) is 2.15. The molecule has 0 bridgehead atoms. The molecule has 2 aliphatic heterocycles. The molecule has 0 saturated carbocycles. The lowest BCUT2D eigenvalue weighted by molar-refractivity contribution is -0.159. The molecule has 2 aliphatic rings. The first-order valence-electron chi connectivity index (χ1n) is 5.94. The maximum Gasteiger partial charge on any atom is 0.255 e. The molecule has 2 fully saturated rings. The van der Waals surface area contributed by atoms with E-state index >= 15 is 0 Å². The van der Waals surface area contributed by atoms with Gasteiger partial charge in [0.2, 0.25) is 0 Å². The first-order valence-corrected chi connectivity index (χ1v) is 7.10. The molecule has 0 aromatic heterocycles. The van der Waals surface area contributed by atoms with E-state index in [-0.39, 0.29) is 5.91 Å². The zero-order valence-electron chi connectivity index (χ0n) is 9.83. The lowest BCUT2D eigenvalue weighted by atomic mass is 10.0.